The molecule has 62 heavy (non-hydrogen) atoms. The van der Waals surface area contributed by atoms with Gasteiger partial charge < -0.3 is 9.90 Å². The van der Waals surface area contributed by atoms with Crippen molar-refractivity contribution >= 4 is 49.2 Å². The molecule has 0 heterocycles. The lowest BCUT2D eigenvalue weighted by molar-refractivity contribution is -0.327. The Balaban J connectivity index is 0.000000281. The van der Waals surface area contributed by atoms with E-state index in [1.165, 1.54) is 99.6 Å². The molecule has 4 fully saturated rings. The number of aliphatic carboxylic acids is 1. The van der Waals surface area contributed by atoms with Gasteiger partial charge in [-0.3, -0.25) is 0 Å². The summed E-state index contributed by atoms with van der Waals surface area (Å²) in [6, 6.07) is 73.7. The molecule has 0 radical (unpaired) electrons. The average Bonchev–Trinajstić information content (AvgIpc) is 3.31. The highest BCUT2D eigenvalue weighted by atomic mass is 32.2. The summed E-state index contributed by atoms with van der Waals surface area (Å²) < 4.78 is 0. The lowest BCUT2D eigenvalue weighted by Crippen LogP contribution is -2.54. The van der Waals surface area contributed by atoms with Gasteiger partial charge in [-0.1, -0.05) is 164 Å². The summed E-state index contributed by atoms with van der Waals surface area (Å²) in [5.74, 6) is 1.38. The van der Waals surface area contributed by atoms with Crippen molar-refractivity contribution in [1.29, 1.82) is 0 Å². The third-order valence-electron chi connectivity index (χ3n) is 14.0. The van der Waals surface area contributed by atoms with Crippen LogP contribution in [0.2, 0.25) is 0 Å². The highest BCUT2D eigenvalue weighted by Gasteiger charge is 2.51. The summed E-state index contributed by atoms with van der Waals surface area (Å²) in [6.07, 6.45) is 6.65. The van der Waals surface area contributed by atoms with E-state index in [-0.39, 0.29) is 0 Å². The van der Waals surface area contributed by atoms with Gasteiger partial charge in [0.2, 0.25) is 0 Å². The largest absolute Gasteiger partial charge is 0.550 e. The van der Waals surface area contributed by atoms with Crippen LogP contribution in [0.4, 0.5) is 0 Å². The van der Waals surface area contributed by atoms with E-state index in [4.69, 9.17) is 0 Å². The Kier molecular flexibility index (Phi) is 10.0. The Bertz CT molecular complexity index is 2910. The number of carboxylic acids is 1. The number of carboxylic acid groups (broad SMARTS) is 1. The third kappa shape index (κ3) is 6.99. The first-order valence-corrected chi connectivity index (χ1v) is 23.4. The van der Waals surface area contributed by atoms with Crippen LogP contribution in [-0.4, -0.2) is 5.97 Å². The van der Waals surface area contributed by atoms with Gasteiger partial charge in [0.1, 0.15) is 10.9 Å². The SMILES string of the molecule is O=C([O-])C12CC3CC(CC(C3)C1)C2.c1ccc([S+](c2ccccc2)c2c(-c3cccc4ccccc34)cc(-c3cccc4ccccc34)cc2-c2cccc3ccccc23)cc1. The zero-order valence-corrected chi connectivity index (χ0v) is 35.6. The molecule has 0 amide bonds. The van der Waals surface area contributed by atoms with Crippen LogP contribution in [-0.2, 0) is 15.7 Å². The number of hydrogen-bond donors (Lipinski definition) is 0. The molecule has 4 aliphatic rings. The van der Waals surface area contributed by atoms with Crippen molar-refractivity contribution in [2.75, 3.05) is 0 Å². The monoisotopic (exact) mass is 820 g/mol. The standard InChI is InChI=1S/C48H33S.C11H16O2/c1-3-22-38(23-4-1)49(39-24-5-2-6-25-39)48-46(44-30-14-20-35-17-8-11-27-41(35)44)32-37(43-29-13-19-34-16-7-10-26-40(34)43)33-47(48)45-31-15-21-36-18-9-12-28-42(36)45;12-10(13)11-4-7-1-8(5-11)3-9(2-7)6-11/h1-33H;7-9H,1-6H2,(H,12,13)/q+1;/p-1. The van der Waals surface area contributed by atoms with Crippen molar-refractivity contribution in [3.8, 4) is 33.4 Å². The maximum absolute atomic E-state index is 11.1. The smallest absolute Gasteiger partial charge is 0.182 e. The van der Waals surface area contributed by atoms with Crippen LogP contribution in [0.3, 0.4) is 0 Å². The van der Waals surface area contributed by atoms with Crippen molar-refractivity contribution < 1.29 is 9.90 Å². The van der Waals surface area contributed by atoms with Crippen molar-refractivity contribution in [3.63, 3.8) is 0 Å². The minimum atomic E-state index is -0.758. The molecule has 0 aliphatic heterocycles. The fourth-order valence-corrected chi connectivity index (χ4v) is 14.0. The van der Waals surface area contributed by atoms with Crippen LogP contribution < -0.4 is 5.11 Å². The van der Waals surface area contributed by atoms with Crippen LogP contribution in [0.15, 0.2) is 215 Å². The van der Waals surface area contributed by atoms with Gasteiger partial charge in [0.15, 0.2) is 14.7 Å². The second kappa shape index (κ2) is 16.1. The summed E-state index contributed by atoms with van der Waals surface area (Å²) in [5, 5.41) is 18.7. The summed E-state index contributed by atoms with van der Waals surface area (Å²) >= 11 is 0. The molecular weight excluding hydrogens is 773 g/mol. The summed E-state index contributed by atoms with van der Waals surface area (Å²) in [4.78, 5) is 15.1. The predicted molar refractivity (Wildman–Crippen MR) is 256 cm³/mol. The highest BCUT2D eigenvalue weighted by molar-refractivity contribution is 7.97. The lowest BCUT2D eigenvalue weighted by Gasteiger charge is -2.57. The number of hydrogen-bond acceptors (Lipinski definition) is 2. The third-order valence-corrected chi connectivity index (χ3v) is 16.3. The highest BCUT2D eigenvalue weighted by Crippen LogP contribution is 2.60. The van der Waals surface area contributed by atoms with E-state index in [2.05, 4.69) is 200 Å². The minimum Gasteiger partial charge on any atom is -0.550 e. The van der Waals surface area contributed by atoms with Gasteiger partial charge in [0, 0.05) is 22.5 Å². The van der Waals surface area contributed by atoms with Gasteiger partial charge in [-0.2, -0.15) is 0 Å². The molecule has 0 unspecified atom stereocenters. The number of fused-ring (bicyclic) bond motifs is 3. The van der Waals surface area contributed by atoms with E-state index in [9.17, 15) is 9.90 Å². The molecule has 3 heteroatoms. The van der Waals surface area contributed by atoms with Crippen LogP contribution >= 0.6 is 0 Å². The molecule has 0 spiro atoms. The summed E-state index contributed by atoms with van der Waals surface area (Å²) in [5.41, 5.74) is 7.10. The van der Waals surface area contributed by atoms with Crippen molar-refractivity contribution in [3.05, 3.63) is 200 Å². The molecule has 0 atom stereocenters. The molecule has 0 saturated heterocycles. The van der Waals surface area contributed by atoms with Gasteiger partial charge in [-0.25, -0.2) is 0 Å². The molecule has 4 aliphatic carbocycles. The molecule has 9 aromatic rings. The molecule has 13 rings (SSSR count). The first kappa shape index (κ1) is 38.5. The zero-order chi connectivity index (χ0) is 41.6. The molecule has 0 N–H and O–H groups in total. The maximum Gasteiger partial charge on any atom is 0.182 e. The number of carbonyl (C=O) groups is 1. The Morgan fingerprint density at radius 3 is 1.19 bits per heavy atom. The first-order chi connectivity index (χ1) is 30.5. The lowest BCUT2D eigenvalue weighted by atomic mass is 9.49. The van der Waals surface area contributed by atoms with Crippen LogP contribution in [0, 0.1) is 23.2 Å². The molecule has 0 aromatic heterocycles. The second-order valence-electron chi connectivity index (χ2n) is 17.9. The van der Waals surface area contributed by atoms with Gasteiger partial charge >= 0.3 is 0 Å². The van der Waals surface area contributed by atoms with Crippen LogP contribution in [0.5, 0.6) is 0 Å². The van der Waals surface area contributed by atoms with Crippen LogP contribution in [0.25, 0.3) is 65.7 Å². The molecule has 9 aromatic carbocycles. The van der Waals surface area contributed by atoms with E-state index >= 15 is 0 Å². The van der Waals surface area contributed by atoms with E-state index < -0.39 is 22.3 Å². The molecule has 4 saturated carbocycles. The average molecular weight is 821 g/mol. The molecular formula is C59H48O2S. The Morgan fingerprint density at radius 1 is 0.419 bits per heavy atom. The Labute approximate surface area is 367 Å². The topological polar surface area (TPSA) is 40.1 Å². The molecule has 302 valence electrons. The van der Waals surface area contributed by atoms with E-state index in [1.54, 1.807) is 0 Å². The maximum atomic E-state index is 11.1. The normalized spacial score (nSPS) is 20.0. The van der Waals surface area contributed by atoms with Crippen LogP contribution in [0.1, 0.15) is 38.5 Å². The minimum absolute atomic E-state index is 0.394. The number of rotatable bonds is 7. The summed E-state index contributed by atoms with van der Waals surface area (Å²) in [7, 11) is -0.416. The molecule has 4 bridgehead atoms. The quantitative estimate of drug-likeness (QED) is 0.150. The van der Waals surface area contributed by atoms with Gasteiger partial charge in [-0.05, 0) is 147 Å². The predicted octanol–water partition coefficient (Wildman–Crippen LogP) is 14.2. The van der Waals surface area contributed by atoms with Crippen molar-refractivity contribution in [1.82, 2.24) is 0 Å². The number of benzene rings is 9. The van der Waals surface area contributed by atoms with Gasteiger partial charge in [0.25, 0.3) is 0 Å². The fourth-order valence-electron chi connectivity index (χ4n) is 11.6. The second-order valence-corrected chi connectivity index (χ2v) is 19.9. The zero-order valence-electron chi connectivity index (χ0n) is 34.8. The first-order valence-electron chi connectivity index (χ1n) is 22.2. The number of carbonyl (C=O) groups excluding carboxylic acids is 1. The molecule has 2 nitrogen and oxygen atoms in total. The Morgan fingerprint density at radius 2 is 0.774 bits per heavy atom. The summed E-state index contributed by atoms with van der Waals surface area (Å²) in [6.45, 7) is 0. The van der Waals surface area contributed by atoms with E-state index in [0.29, 0.717) is 17.8 Å². The Hall–Kier alpha value is -6.42. The van der Waals surface area contributed by atoms with Crippen molar-refractivity contribution in [2.24, 2.45) is 23.2 Å². The van der Waals surface area contributed by atoms with E-state index in [1.807, 2.05) is 0 Å². The van der Waals surface area contributed by atoms with Gasteiger partial charge in [-0.15, -0.1) is 0 Å². The van der Waals surface area contributed by atoms with Crippen molar-refractivity contribution in [2.45, 2.75) is 53.2 Å². The van der Waals surface area contributed by atoms with Gasteiger partial charge in [0.05, 0.1) is 0 Å². The van der Waals surface area contributed by atoms with E-state index in [0.717, 1.165) is 19.3 Å². The fraction of sp³-hybridized carbons (Fsp3) is 0.169.